The smallest absolute Gasteiger partial charge is 0.258 e. The van der Waals surface area contributed by atoms with Crippen LogP contribution in [0, 0.1) is 13.8 Å². The highest BCUT2D eigenvalue weighted by Gasteiger charge is 2.35. The van der Waals surface area contributed by atoms with Crippen molar-refractivity contribution < 1.29 is 14.0 Å². The molecule has 1 aromatic heterocycles. The van der Waals surface area contributed by atoms with Crippen molar-refractivity contribution in [3.8, 4) is 22.9 Å². The zero-order valence-corrected chi connectivity index (χ0v) is 20.9. The zero-order valence-electron chi connectivity index (χ0n) is 20.1. The van der Waals surface area contributed by atoms with Gasteiger partial charge < -0.3 is 19.3 Å². The average molecular weight is 497 g/mol. The molecule has 1 unspecified atom stereocenters. The normalized spacial score (nSPS) is 16.9. The minimum Gasteiger partial charge on any atom is -0.454 e. The van der Waals surface area contributed by atoms with Crippen LogP contribution in [0.3, 0.4) is 0 Å². The van der Waals surface area contributed by atoms with E-state index in [1.807, 2.05) is 61.2 Å². The van der Waals surface area contributed by atoms with Crippen molar-refractivity contribution in [1.82, 2.24) is 15.5 Å². The molecular formula is C28H24N4O3S. The first-order valence-electron chi connectivity index (χ1n) is 11.7. The van der Waals surface area contributed by atoms with Crippen LogP contribution in [0.15, 0.2) is 77.0 Å². The molecule has 6 rings (SSSR count). The Hall–Kier alpha value is -4.17. The number of hydrogen-bond donors (Lipinski definition) is 1. The van der Waals surface area contributed by atoms with Crippen molar-refractivity contribution in [3.63, 3.8) is 0 Å². The van der Waals surface area contributed by atoms with Gasteiger partial charge in [-0.25, -0.2) is 0 Å². The number of nitrogens with one attached hydrogen (secondary N) is 1. The fourth-order valence-corrected chi connectivity index (χ4v) is 4.88. The number of nitrogens with zero attached hydrogens (tertiary/aromatic N) is 3. The monoisotopic (exact) mass is 496 g/mol. The largest absolute Gasteiger partial charge is 0.454 e. The summed E-state index contributed by atoms with van der Waals surface area (Å²) in [7, 11) is 0. The van der Waals surface area contributed by atoms with Crippen LogP contribution in [0.1, 0.15) is 35.5 Å². The number of aromatic nitrogens is 2. The number of allylic oxidation sites excluding steroid dienone is 1. The lowest BCUT2D eigenvalue weighted by Gasteiger charge is -2.37. The summed E-state index contributed by atoms with van der Waals surface area (Å²) in [6.07, 6.45) is 0. The van der Waals surface area contributed by atoms with Crippen molar-refractivity contribution in [2.45, 2.75) is 26.8 Å². The summed E-state index contributed by atoms with van der Waals surface area (Å²) in [5.74, 6) is 2.38. The van der Waals surface area contributed by atoms with Crippen molar-refractivity contribution >= 4 is 28.6 Å². The average Bonchev–Trinajstić information content (AvgIpc) is 3.54. The molecule has 36 heavy (non-hydrogen) atoms. The Kier molecular flexibility index (Phi) is 5.45. The van der Waals surface area contributed by atoms with Gasteiger partial charge in [0.1, 0.15) is 0 Å². The summed E-state index contributed by atoms with van der Waals surface area (Å²) in [6, 6.07) is 21.9. The van der Waals surface area contributed by atoms with Crippen molar-refractivity contribution in [2.24, 2.45) is 0 Å². The lowest BCUT2D eigenvalue weighted by atomic mass is 9.94. The Morgan fingerprint density at radius 3 is 2.33 bits per heavy atom. The summed E-state index contributed by atoms with van der Waals surface area (Å²) in [5, 5.41) is 8.37. The molecular weight excluding hydrogens is 472 g/mol. The molecule has 2 aliphatic rings. The van der Waals surface area contributed by atoms with Gasteiger partial charge in [-0.1, -0.05) is 64.8 Å². The first-order chi connectivity index (χ1) is 17.5. The van der Waals surface area contributed by atoms with Crippen LogP contribution in [0.25, 0.3) is 17.0 Å². The van der Waals surface area contributed by atoms with Crippen LogP contribution in [-0.2, 0) is 0 Å². The standard InChI is InChI=1S/C28H24N4O3S/c1-16-4-8-19(9-5-16)25-24(27-30-26(31-35-27)20-10-6-17(2)7-11-20)18(3)32(28(36)29-25)21-12-13-22-23(14-21)34-15-33-22/h4-14,25H,15H2,1-3H3,(H,29,36). The molecule has 1 N–H and O–H groups in total. The summed E-state index contributed by atoms with van der Waals surface area (Å²) in [4.78, 5) is 6.76. The zero-order chi connectivity index (χ0) is 24.8. The number of anilines is 1. The Morgan fingerprint density at radius 1 is 0.889 bits per heavy atom. The third-order valence-electron chi connectivity index (χ3n) is 6.48. The molecule has 8 heteroatoms. The second kappa shape index (κ2) is 8.80. The Morgan fingerprint density at radius 2 is 1.58 bits per heavy atom. The highest BCUT2D eigenvalue weighted by Crippen LogP contribution is 2.42. The molecule has 0 fully saturated rings. The number of benzene rings is 3. The van der Waals surface area contributed by atoms with Crippen molar-refractivity contribution in [3.05, 3.63) is 95.0 Å². The van der Waals surface area contributed by atoms with E-state index in [4.69, 9.17) is 31.2 Å². The van der Waals surface area contributed by atoms with E-state index in [1.54, 1.807) is 0 Å². The SMILES string of the molecule is CC1=C(c2nc(-c3ccc(C)cc3)no2)C(c2ccc(C)cc2)NC(=S)N1c1ccc2c(c1)OCO2. The minimum atomic E-state index is -0.255. The number of fused-ring (bicyclic) bond motifs is 1. The van der Waals surface area contributed by atoms with Crippen LogP contribution in [-0.4, -0.2) is 22.0 Å². The van der Waals surface area contributed by atoms with Gasteiger partial charge in [0, 0.05) is 17.3 Å². The van der Waals surface area contributed by atoms with Crippen LogP contribution < -0.4 is 19.7 Å². The van der Waals surface area contributed by atoms with Gasteiger partial charge >= 0.3 is 0 Å². The van der Waals surface area contributed by atoms with Crippen LogP contribution in [0.2, 0.25) is 0 Å². The summed E-state index contributed by atoms with van der Waals surface area (Å²) in [5.41, 5.74) is 6.90. The fourth-order valence-electron chi connectivity index (χ4n) is 4.52. The predicted octanol–water partition coefficient (Wildman–Crippen LogP) is 5.95. The van der Waals surface area contributed by atoms with E-state index >= 15 is 0 Å². The summed E-state index contributed by atoms with van der Waals surface area (Å²) >= 11 is 5.86. The molecule has 7 nitrogen and oxygen atoms in total. The first-order valence-corrected chi connectivity index (χ1v) is 12.1. The van der Waals surface area contributed by atoms with E-state index in [-0.39, 0.29) is 12.8 Å². The molecule has 0 spiro atoms. The quantitative estimate of drug-likeness (QED) is 0.348. The molecule has 0 aliphatic carbocycles. The number of aryl methyl sites for hydroxylation is 2. The lowest BCUT2D eigenvalue weighted by Crippen LogP contribution is -2.46. The predicted molar refractivity (Wildman–Crippen MR) is 142 cm³/mol. The van der Waals surface area contributed by atoms with Gasteiger partial charge in [-0.3, -0.25) is 4.90 Å². The van der Waals surface area contributed by atoms with Gasteiger partial charge in [-0.15, -0.1) is 0 Å². The maximum Gasteiger partial charge on any atom is 0.258 e. The maximum absolute atomic E-state index is 5.86. The first kappa shape index (κ1) is 22.3. The molecule has 0 radical (unpaired) electrons. The molecule has 3 aromatic carbocycles. The third-order valence-corrected chi connectivity index (χ3v) is 6.78. The van der Waals surface area contributed by atoms with Crippen LogP contribution in [0.5, 0.6) is 11.5 Å². The van der Waals surface area contributed by atoms with Gasteiger partial charge in [0.2, 0.25) is 12.6 Å². The maximum atomic E-state index is 5.86. The second-order valence-electron chi connectivity index (χ2n) is 8.95. The molecule has 1 atom stereocenters. The summed E-state index contributed by atoms with van der Waals surface area (Å²) in [6.45, 7) is 6.34. The number of ether oxygens (including phenoxy) is 2. The van der Waals surface area contributed by atoms with Crippen LogP contribution in [0.4, 0.5) is 5.69 Å². The molecule has 180 valence electrons. The number of hydrogen-bond acceptors (Lipinski definition) is 6. The van der Waals surface area contributed by atoms with Crippen LogP contribution >= 0.6 is 12.2 Å². The van der Waals surface area contributed by atoms with Gasteiger partial charge in [0.25, 0.3) is 5.89 Å². The number of thiocarbonyl (C=S) groups is 1. The molecule has 3 heterocycles. The van der Waals surface area contributed by atoms with Crippen molar-refractivity contribution in [2.75, 3.05) is 11.7 Å². The third kappa shape index (κ3) is 3.89. The van der Waals surface area contributed by atoms with E-state index in [1.165, 1.54) is 11.1 Å². The number of rotatable bonds is 4. The fraction of sp³-hybridized carbons (Fsp3) is 0.179. The molecule has 4 aromatic rings. The van der Waals surface area contributed by atoms with Gasteiger partial charge in [0.05, 0.1) is 17.3 Å². The minimum absolute atomic E-state index is 0.209. The van der Waals surface area contributed by atoms with Gasteiger partial charge in [0.15, 0.2) is 16.6 Å². The van der Waals surface area contributed by atoms with E-state index in [0.29, 0.717) is 28.3 Å². The Bertz CT molecular complexity index is 1490. The topological polar surface area (TPSA) is 72.7 Å². The molecule has 0 saturated heterocycles. The highest BCUT2D eigenvalue weighted by molar-refractivity contribution is 7.80. The van der Waals surface area contributed by atoms with Gasteiger partial charge in [-0.2, -0.15) is 4.98 Å². The molecule has 0 saturated carbocycles. The Balaban J connectivity index is 1.48. The molecule has 2 aliphatic heterocycles. The highest BCUT2D eigenvalue weighted by atomic mass is 32.1. The second-order valence-corrected chi connectivity index (χ2v) is 9.34. The van der Waals surface area contributed by atoms with E-state index in [2.05, 4.69) is 41.7 Å². The van der Waals surface area contributed by atoms with Crippen molar-refractivity contribution in [1.29, 1.82) is 0 Å². The van der Waals surface area contributed by atoms with E-state index < -0.39 is 0 Å². The molecule has 0 amide bonds. The lowest BCUT2D eigenvalue weighted by molar-refractivity contribution is 0.174. The summed E-state index contributed by atoms with van der Waals surface area (Å²) < 4.78 is 16.9. The van der Waals surface area contributed by atoms with E-state index in [9.17, 15) is 0 Å². The Labute approximate surface area is 214 Å². The molecule has 0 bridgehead atoms. The van der Waals surface area contributed by atoms with Gasteiger partial charge in [-0.05, 0) is 50.7 Å². The van der Waals surface area contributed by atoms with E-state index in [0.717, 1.165) is 28.1 Å².